The van der Waals surface area contributed by atoms with Crippen LogP contribution in [0.25, 0.3) is 16.9 Å². The molecule has 0 aliphatic heterocycles. The van der Waals surface area contributed by atoms with Gasteiger partial charge >= 0.3 is 5.97 Å². The minimum absolute atomic E-state index is 0.0402. The zero-order chi connectivity index (χ0) is 15.5. The third-order valence-electron chi connectivity index (χ3n) is 3.59. The lowest BCUT2D eigenvalue weighted by atomic mass is 10.1. The zero-order valence-electron chi connectivity index (χ0n) is 12.2. The number of carboxylic acid groups (broad SMARTS) is 1. The number of carboxylic acids is 1. The topological polar surface area (TPSA) is 55.1 Å². The van der Waals surface area contributed by atoms with Crippen LogP contribution in [0, 0.1) is 0 Å². The Kier molecular flexibility index (Phi) is 3.74. The number of benzene rings is 2. The molecule has 0 unspecified atom stereocenters. The van der Waals surface area contributed by atoms with E-state index in [0.717, 1.165) is 23.4 Å². The van der Waals surface area contributed by atoms with E-state index < -0.39 is 5.97 Å². The summed E-state index contributed by atoms with van der Waals surface area (Å²) in [5.41, 5.74) is 3.82. The fourth-order valence-electron chi connectivity index (χ4n) is 2.37. The van der Waals surface area contributed by atoms with E-state index in [1.807, 2.05) is 54.6 Å². The second-order valence-electron chi connectivity index (χ2n) is 5.02. The van der Waals surface area contributed by atoms with Crippen molar-refractivity contribution < 1.29 is 9.90 Å². The molecule has 22 heavy (non-hydrogen) atoms. The molecule has 0 bridgehead atoms. The largest absolute Gasteiger partial charge is 0.476 e. The third-order valence-corrected chi connectivity index (χ3v) is 3.59. The molecule has 4 nitrogen and oxygen atoms in total. The van der Waals surface area contributed by atoms with Gasteiger partial charge in [0, 0.05) is 5.56 Å². The molecule has 0 aliphatic rings. The zero-order valence-corrected chi connectivity index (χ0v) is 12.2. The molecular weight excluding hydrogens is 276 g/mol. The third kappa shape index (κ3) is 2.63. The molecule has 0 fully saturated rings. The Balaban J connectivity index is 2.14. The summed E-state index contributed by atoms with van der Waals surface area (Å²) in [5, 5.41) is 13.5. The van der Waals surface area contributed by atoms with Crippen LogP contribution in [0.1, 0.15) is 23.0 Å². The van der Waals surface area contributed by atoms with Gasteiger partial charge in [-0.2, -0.15) is 5.10 Å². The Morgan fingerprint density at radius 3 is 2.36 bits per heavy atom. The van der Waals surface area contributed by atoms with Crippen LogP contribution < -0.4 is 0 Å². The lowest BCUT2D eigenvalue weighted by molar-refractivity contribution is 0.0690. The second kappa shape index (κ2) is 5.85. The van der Waals surface area contributed by atoms with E-state index in [2.05, 4.69) is 12.0 Å². The summed E-state index contributed by atoms with van der Waals surface area (Å²) in [7, 11) is 0. The van der Waals surface area contributed by atoms with E-state index in [1.165, 1.54) is 5.56 Å². The number of carbonyl (C=O) groups is 1. The SMILES string of the molecule is CCc1ccc(-n2nc(C(=O)O)cc2-c2ccccc2)cc1. The van der Waals surface area contributed by atoms with Crippen LogP contribution in [-0.2, 0) is 6.42 Å². The van der Waals surface area contributed by atoms with Gasteiger partial charge in [-0.05, 0) is 30.2 Å². The standard InChI is InChI=1S/C18H16N2O2/c1-2-13-8-10-15(11-9-13)20-17(12-16(19-20)18(21)22)14-6-4-3-5-7-14/h3-12H,2H2,1H3,(H,21,22). The smallest absolute Gasteiger partial charge is 0.356 e. The van der Waals surface area contributed by atoms with Crippen molar-refractivity contribution in [3.63, 3.8) is 0 Å². The highest BCUT2D eigenvalue weighted by Crippen LogP contribution is 2.24. The Labute approximate surface area is 128 Å². The van der Waals surface area contributed by atoms with Crippen molar-refractivity contribution in [2.75, 3.05) is 0 Å². The summed E-state index contributed by atoms with van der Waals surface area (Å²) in [6.07, 6.45) is 0.964. The lowest BCUT2D eigenvalue weighted by Gasteiger charge is -2.08. The van der Waals surface area contributed by atoms with Crippen LogP contribution in [0.5, 0.6) is 0 Å². The number of nitrogens with zero attached hydrogens (tertiary/aromatic N) is 2. The van der Waals surface area contributed by atoms with E-state index in [9.17, 15) is 9.90 Å². The van der Waals surface area contributed by atoms with E-state index in [1.54, 1.807) is 10.7 Å². The van der Waals surface area contributed by atoms with E-state index in [4.69, 9.17) is 0 Å². The monoisotopic (exact) mass is 292 g/mol. The molecule has 0 spiro atoms. The first-order valence-electron chi connectivity index (χ1n) is 7.17. The molecule has 3 rings (SSSR count). The summed E-state index contributed by atoms with van der Waals surface area (Å²) in [6.45, 7) is 2.10. The fourth-order valence-corrected chi connectivity index (χ4v) is 2.37. The fraction of sp³-hybridized carbons (Fsp3) is 0.111. The molecule has 2 aromatic carbocycles. The lowest BCUT2D eigenvalue weighted by Crippen LogP contribution is -2.02. The number of aromatic carboxylic acids is 1. The minimum atomic E-state index is -1.03. The highest BCUT2D eigenvalue weighted by Gasteiger charge is 2.15. The normalized spacial score (nSPS) is 10.6. The summed E-state index contributed by atoms with van der Waals surface area (Å²) in [5.74, 6) is -1.03. The van der Waals surface area contributed by atoms with Crippen LogP contribution in [-0.4, -0.2) is 20.9 Å². The maximum absolute atomic E-state index is 11.3. The number of aryl methyl sites for hydroxylation is 1. The molecule has 0 aliphatic carbocycles. The average Bonchev–Trinajstić information content (AvgIpc) is 3.01. The Bertz CT molecular complexity index is 790. The van der Waals surface area contributed by atoms with Gasteiger partial charge in [0.1, 0.15) is 0 Å². The van der Waals surface area contributed by atoms with E-state index >= 15 is 0 Å². The van der Waals surface area contributed by atoms with Gasteiger partial charge in [0.15, 0.2) is 5.69 Å². The second-order valence-corrected chi connectivity index (χ2v) is 5.02. The minimum Gasteiger partial charge on any atom is -0.476 e. The first-order chi connectivity index (χ1) is 10.7. The first-order valence-corrected chi connectivity index (χ1v) is 7.17. The van der Waals surface area contributed by atoms with E-state index in [-0.39, 0.29) is 5.69 Å². The summed E-state index contributed by atoms with van der Waals surface area (Å²) >= 11 is 0. The number of hydrogen-bond donors (Lipinski definition) is 1. The highest BCUT2D eigenvalue weighted by atomic mass is 16.4. The van der Waals surface area contributed by atoms with Crippen molar-refractivity contribution in [3.05, 3.63) is 71.9 Å². The molecule has 3 aromatic rings. The van der Waals surface area contributed by atoms with Crippen LogP contribution in [0.15, 0.2) is 60.7 Å². The summed E-state index contributed by atoms with van der Waals surface area (Å²) in [4.78, 5) is 11.3. The predicted molar refractivity (Wildman–Crippen MR) is 85.3 cm³/mol. The molecule has 1 N–H and O–H groups in total. The molecule has 1 heterocycles. The van der Waals surface area contributed by atoms with Crippen LogP contribution in [0.4, 0.5) is 0 Å². The van der Waals surface area contributed by atoms with Gasteiger partial charge in [0.05, 0.1) is 11.4 Å². The van der Waals surface area contributed by atoms with Crippen LogP contribution >= 0.6 is 0 Å². The summed E-state index contributed by atoms with van der Waals surface area (Å²) < 4.78 is 1.68. The Hall–Kier alpha value is -2.88. The van der Waals surface area contributed by atoms with Gasteiger partial charge in [-0.3, -0.25) is 0 Å². The maximum Gasteiger partial charge on any atom is 0.356 e. The molecule has 0 amide bonds. The highest BCUT2D eigenvalue weighted by molar-refractivity contribution is 5.87. The molecule has 110 valence electrons. The quantitative estimate of drug-likeness (QED) is 0.795. The van der Waals surface area contributed by atoms with Crippen molar-refractivity contribution in [2.45, 2.75) is 13.3 Å². The molecule has 0 saturated heterocycles. The Morgan fingerprint density at radius 2 is 1.77 bits per heavy atom. The van der Waals surface area contributed by atoms with Gasteiger partial charge in [-0.15, -0.1) is 0 Å². The number of hydrogen-bond acceptors (Lipinski definition) is 2. The van der Waals surface area contributed by atoms with Crippen molar-refractivity contribution in [1.29, 1.82) is 0 Å². The summed E-state index contributed by atoms with van der Waals surface area (Å²) in [6, 6.07) is 19.3. The maximum atomic E-state index is 11.3. The van der Waals surface area contributed by atoms with Crippen LogP contribution in [0.3, 0.4) is 0 Å². The van der Waals surface area contributed by atoms with E-state index in [0.29, 0.717) is 0 Å². The molecular formula is C18H16N2O2. The molecule has 1 aromatic heterocycles. The van der Waals surface area contributed by atoms with Gasteiger partial charge in [-0.25, -0.2) is 9.48 Å². The van der Waals surface area contributed by atoms with Crippen molar-refractivity contribution >= 4 is 5.97 Å². The van der Waals surface area contributed by atoms with Crippen molar-refractivity contribution in [2.24, 2.45) is 0 Å². The van der Waals surface area contributed by atoms with Gasteiger partial charge in [0.25, 0.3) is 0 Å². The number of aromatic nitrogens is 2. The number of rotatable bonds is 4. The molecule has 4 heteroatoms. The van der Waals surface area contributed by atoms with Crippen molar-refractivity contribution in [1.82, 2.24) is 9.78 Å². The Morgan fingerprint density at radius 1 is 1.09 bits per heavy atom. The van der Waals surface area contributed by atoms with Gasteiger partial charge in [-0.1, -0.05) is 49.4 Å². The molecule has 0 radical (unpaired) electrons. The van der Waals surface area contributed by atoms with Gasteiger partial charge < -0.3 is 5.11 Å². The average molecular weight is 292 g/mol. The van der Waals surface area contributed by atoms with Crippen molar-refractivity contribution in [3.8, 4) is 16.9 Å². The van der Waals surface area contributed by atoms with Crippen LogP contribution in [0.2, 0.25) is 0 Å². The molecule has 0 saturated carbocycles. The predicted octanol–water partition coefficient (Wildman–Crippen LogP) is 3.80. The van der Waals surface area contributed by atoms with Gasteiger partial charge in [0.2, 0.25) is 0 Å². The first kappa shape index (κ1) is 14.1. The molecule has 0 atom stereocenters.